The van der Waals surface area contributed by atoms with E-state index in [0.717, 1.165) is 0 Å². The summed E-state index contributed by atoms with van der Waals surface area (Å²) in [5.41, 5.74) is 1.81. The number of sulfonamides is 2. The van der Waals surface area contributed by atoms with E-state index in [9.17, 15) is 16.8 Å². The van der Waals surface area contributed by atoms with E-state index in [2.05, 4.69) is 24.4 Å². The Labute approximate surface area is 185 Å². The summed E-state index contributed by atoms with van der Waals surface area (Å²) >= 11 is 0. The average molecular weight is 470 g/mol. The van der Waals surface area contributed by atoms with Gasteiger partial charge in [0.25, 0.3) is 20.0 Å². The summed E-state index contributed by atoms with van der Waals surface area (Å²) in [6.45, 7) is 3.47. The molecule has 0 saturated carbocycles. The van der Waals surface area contributed by atoms with Crippen LogP contribution in [-0.4, -0.2) is 31.8 Å². The SMILES string of the molecule is Cc1cc(C)nc(NS(=O)(=O)c2ccc(NS(=O)(=O)c3cccc4cccnc34)cc2)n1. The molecule has 4 rings (SSSR count). The van der Waals surface area contributed by atoms with Gasteiger partial charge in [0.2, 0.25) is 5.95 Å². The standard InChI is InChI=1S/C21H19N5O4S2/c1-14-13-15(2)24-21(23-14)26-31(27,28)18-10-8-17(9-11-18)25-32(29,30)19-7-3-5-16-6-4-12-22-20(16)19/h3-13,25H,1-2H3,(H,23,24,26). The van der Waals surface area contributed by atoms with E-state index >= 15 is 0 Å². The Kier molecular flexibility index (Phi) is 5.53. The molecule has 0 aliphatic heterocycles. The highest BCUT2D eigenvalue weighted by Gasteiger charge is 2.20. The van der Waals surface area contributed by atoms with Gasteiger partial charge in [-0.2, -0.15) is 0 Å². The Morgan fingerprint density at radius 1 is 0.750 bits per heavy atom. The molecule has 0 unspecified atom stereocenters. The third kappa shape index (κ3) is 4.53. The van der Waals surface area contributed by atoms with Crippen LogP contribution in [0, 0.1) is 13.8 Å². The topological polar surface area (TPSA) is 131 Å². The Bertz CT molecular complexity index is 1490. The molecule has 0 radical (unpaired) electrons. The maximum Gasteiger partial charge on any atom is 0.264 e. The lowest BCUT2D eigenvalue weighted by atomic mass is 10.2. The number of nitrogens with zero attached hydrogens (tertiary/aromatic N) is 3. The average Bonchev–Trinajstić information content (AvgIpc) is 2.72. The van der Waals surface area contributed by atoms with Crippen molar-refractivity contribution in [1.82, 2.24) is 15.0 Å². The first-order valence-electron chi connectivity index (χ1n) is 9.46. The number of aromatic nitrogens is 3. The lowest BCUT2D eigenvalue weighted by Gasteiger charge is -2.11. The van der Waals surface area contributed by atoms with Crippen LogP contribution in [0.5, 0.6) is 0 Å². The number of hydrogen-bond acceptors (Lipinski definition) is 7. The predicted octanol–water partition coefficient (Wildman–Crippen LogP) is 3.24. The van der Waals surface area contributed by atoms with Crippen LogP contribution in [0.25, 0.3) is 10.9 Å². The summed E-state index contributed by atoms with van der Waals surface area (Å²) in [6, 6.07) is 15.4. The van der Waals surface area contributed by atoms with Crippen molar-refractivity contribution in [3.05, 3.63) is 78.2 Å². The van der Waals surface area contributed by atoms with Gasteiger partial charge in [-0.15, -0.1) is 0 Å². The molecule has 32 heavy (non-hydrogen) atoms. The molecule has 2 heterocycles. The van der Waals surface area contributed by atoms with Gasteiger partial charge >= 0.3 is 0 Å². The maximum atomic E-state index is 12.9. The highest BCUT2D eigenvalue weighted by molar-refractivity contribution is 7.93. The van der Waals surface area contributed by atoms with E-state index < -0.39 is 20.0 Å². The zero-order valence-electron chi connectivity index (χ0n) is 17.1. The van der Waals surface area contributed by atoms with Gasteiger partial charge in [0.1, 0.15) is 4.90 Å². The van der Waals surface area contributed by atoms with Crippen molar-refractivity contribution in [3.63, 3.8) is 0 Å². The van der Waals surface area contributed by atoms with Crippen LogP contribution < -0.4 is 9.44 Å². The van der Waals surface area contributed by atoms with Gasteiger partial charge in [-0.05, 0) is 56.3 Å². The summed E-state index contributed by atoms with van der Waals surface area (Å²) in [5.74, 6) is -0.0317. The quantitative estimate of drug-likeness (QED) is 0.443. The minimum atomic E-state index is -3.95. The van der Waals surface area contributed by atoms with Crippen molar-refractivity contribution < 1.29 is 16.8 Å². The summed E-state index contributed by atoms with van der Waals surface area (Å²) in [7, 11) is -7.89. The van der Waals surface area contributed by atoms with Gasteiger partial charge < -0.3 is 0 Å². The Morgan fingerprint density at radius 3 is 2.09 bits per heavy atom. The summed E-state index contributed by atoms with van der Waals surface area (Å²) in [4.78, 5) is 12.3. The molecule has 0 atom stereocenters. The molecular weight excluding hydrogens is 450 g/mol. The maximum absolute atomic E-state index is 12.9. The van der Waals surface area contributed by atoms with Gasteiger partial charge in [0, 0.05) is 28.7 Å². The highest BCUT2D eigenvalue weighted by Crippen LogP contribution is 2.24. The number of pyridine rings is 1. The number of rotatable bonds is 6. The third-order valence-corrected chi connectivity index (χ3v) is 7.27. The van der Waals surface area contributed by atoms with E-state index in [1.54, 1.807) is 44.2 Å². The molecule has 0 aliphatic rings. The molecule has 0 spiro atoms. The first-order chi connectivity index (χ1) is 15.1. The normalized spacial score (nSPS) is 11.9. The first kappa shape index (κ1) is 21.7. The highest BCUT2D eigenvalue weighted by atomic mass is 32.2. The van der Waals surface area contributed by atoms with Gasteiger partial charge in [0.15, 0.2) is 0 Å². The molecule has 0 saturated heterocycles. The van der Waals surface area contributed by atoms with E-state index in [0.29, 0.717) is 22.3 Å². The molecule has 164 valence electrons. The smallest absolute Gasteiger partial charge is 0.264 e. The summed E-state index contributed by atoms with van der Waals surface area (Å²) in [5, 5.41) is 0.691. The summed E-state index contributed by atoms with van der Waals surface area (Å²) in [6.07, 6.45) is 1.52. The number of aryl methyl sites for hydroxylation is 2. The minimum Gasteiger partial charge on any atom is -0.280 e. The minimum absolute atomic E-state index is 0.0286. The zero-order valence-corrected chi connectivity index (χ0v) is 18.8. The Morgan fingerprint density at radius 2 is 1.41 bits per heavy atom. The van der Waals surface area contributed by atoms with Crippen LogP contribution >= 0.6 is 0 Å². The third-order valence-electron chi connectivity index (χ3n) is 4.51. The number of hydrogen-bond donors (Lipinski definition) is 2. The van der Waals surface area contributed by atoms with E-state index in [-0.39, 0.29) is 21.4 Å². The number of fused-ring (bicyclic) bond motifs is 1. The van der Waals surface area contributed by atoms with Crippen LogP contribution in [0.4, 0.5) is 11.6 Å². The lowest BCUT2D eigenvalue weighted by Crippen LogP contribution is -2.16. The fraction of sp³-hybridized carbons (Fsp3) is 0.0952. The van der Waals surface area contributed by atoms with E-state index in [1.165, 1.54) is 36.5 Å². The molecular formula is C21H19N5O4S2. The Hall–Kier alpha value is -3.57. The van der Waals surface area contributed by atoms with Crippen LogP contribution in [0.2, 0.25) is 0 Å². The van der Waals surface area contributed by atoms with Crippen LogP contribution in [0.15, 0.2) is 76.7 Å². The molecule has 11 heteroatoms. The van der Waals surface area contributed by atoms with Crippen molar-refractivity contribution >= 4 is 42.6 Å². The second-order valence-corrected chi connectivity index (χ2v) is 10.4. The van der Waals surface area contributed by atoms with Gasteiger partial charge in [-0.3, -0.25) is 9.71 Å². The van der Waals surface area contributed by atoms with Gasteiger partial charge in [-0.25, -0.2) is 31.5 Å². The molecule has 0 fully saturated rings. The second kappa shape index (κ2) is 8.17. The molecule has 0 amide bonds. The van der Waals surface area contributed by atoms with Gasteiger partial charge in [0.05, 0.1) is 10.4 Å². The first-order valence-corrected chi connectivity index (χ1v) is 12.4. The molecule has 0 bridgehead atoms. The van der Waals surface area contributed by atoms with E-state index in [1.807, 2.05) is 0 Å². The fourth-order valence-electron chi connectivity index (χ4n) is 3.16. The van der Waals surface area contributed by atoms with Crippen LogP contribution in [-0.2, 0) is 20.0 Å². The fourth-order valence-corrected chi connectivity index (χ4v) is 5.34. The molecule has 4 aromatic rings. The van der Waals surface area contributed by atoms with Gasteiger partial charge in [-0.1, -0.05) is 18.2 Å². The van der Waals surface area contributed by atoms with Crippen molar-refractivity contribution in [2.24, 2.45) is 0 Å². The number of anilines is 2. The van der Waals surface area contributed by atoms with Crippen molar-refractivity contribution in [3.8, 4) is 0 Å². The number of benzene rings is 2. The second-order valence-electron chi connectivity index (χ2n) is 7.04. The zero-order chi connectivity index (χ0) is 22.9. The molecule has 2 aromatic heterocycles. The van der Waals surface area contributed by atoms with E-state index in [4.69, 9.17) is 0 Å². The van der Waals surface area contributed by atoms with Crippen molar-refractivity contribution in [1.29, 1.82) is 0 Å². The predicted molar refractivity (Wildman–Crippen MR) is 121 cm³/mol. The summed E-state index contributed by atoms with van der Waals surface area (Å²) < 4.78 is 55.9. The van der Waals surface area contributed by atoms with Crippen LogP contribution in [0.1, 0.15) is 11.4 Å². The monoisotopic (exact) mass is 469 g/mol. The largest absolute Gasteiger partial charge is 0.280 e. The lowest BCUT2D eigenvalue weighted by molar-refractivity contribution is 0.600. The molecule has 2 aromatic carbocycles. The Balaban J connectivity index is 1.58. The van der Waals surface area contributed by atoms with Crippen molar-refractivity contribution in [2.45, 2.75) is 23.6 Å². The number of para-hydroxylation sites is 1. The van der Waals surface area contributed by atoms with Crippen molar-refractivity contribution in [2.75, 3.05) is 9.44 Å². The van der Waals surface area contributed by atoms with Crippen LogP contribution in [0.3, 0.4) is 0 Å². The number of nitrogens with one attached hydrogen (secondary N) is 2. The molecule has 0 aliphatic carbocycles. The molecule has 9 nitrogen and oxygen atoms in total. The molecule has 2 N–H and O–H groups in total.